The van der Waals surface area contributed by atoms with Crippen LogP contribution in [0.25, 0.3) is 0 Å². The van der Waals surface area contributed by atoms with E-state index >= 15 is 0 Å². The summed E-state index contributed by atoms with van der Waals surface area (Å²) in [4.78, 5) is 8.46. The molecule has 19 heavy (non-hydrogen) atoms. The second-order valence-electron chi connectivity index (χ2n) is 4.18. The molecule has 0 spiro atoms. The zero-order chi connectivity index (χ0) is 13.7. The van der Waals surface area contributed by atoms with E-state index in [0.717, 1.165) is 28.7 Å². The Bertz CT molecular complexity index is 530. The van der Waals surface area contributed by atoms with Crippen LogP contribution in [0, 0.1) is 0 Å². The lowest BCUT2D eigenvalue weighted by molar-refractivity contribution is 0.536. The molecular formula is C14H15BrClN3. The molecule has 1 N–H and O–H groups in total. The maximum Gasteiger partial charge on any atom is 0.0622 e. The van der Waals surface area contributed by atoms with Gasteiger partial charge < -0.3 is 5.32 Å². The van der Waals surface area contributed by atoms with E-state index in [1.54, 1.807) is 12.4 Å². The Hall–Kier alpha value is -0.970. The van der Waals surface area contributed by atoms with E-state index in [0.29, 0.717) is 5.02 Å². The van der Waals surface area contributed by atoms with Crippen LogP contribution in [0.2, 0.25) is 5.02 Å². The molecule has 2 aromatic rings. The average molecular weight is 341 g/mol. The highest BCUT2D eigenvalue weighted by Gasteiger charge is 2.14. The van der Waals surface area contributed by atoms with Crippen LogP contribution >= 0.6 is 27.5 Å². The Morgan fingerprint density at radius 1 is 1.32 bits per heavy atom. The normalized spacial score (nSPS) is 12.4. The third-order valence-electron chi connectivity index (χ3n) is 2.84. The van der Waals surface area contributed by atoms with Crippen LogP contribution in [-0.4, -0.2) is 16.5 Å². The standard InChI is InChI=1S/C14H15BrClN3/c1-2-18-14(13-4-3-11(15)8-19-13)7-10-5-6-17-9-12(10)16/h3-6,8-9,14,18H,2,7H2,1H3. The van der Waals surface area contributed by atoms with E-state index in [-0.39, 0.29) is 6.04 Å². The number of halogens is 2. The molecule has 0 aliphatic heterocycles. The van der Waals surface area contributed by atoms with Gasteiger partial charge in [0.2, 0.25) is 0 Å². The Labute approximate surface area is 126 Å². The van der Waals surface area contributed by atoms with Crippen LogP contribution in [0.1, 0.15) is 24.2 Å². The molecule has 3 nitrogen and oxygen atoms in total. The summed E-state index contributed by atoms with van der Waals surface area (Å²) in [6, 6.07) is 6.12. The molecule has 2 heterocycles. The van der Waals surface area contributed by atoms with Crippen molar-refractivity contribution < 1.29 is 0 Å². The molecule has 0 aliphatic rings. The molecular weight excluding hydrogens is 326 g/mol. The number of hydrogen-bond acceptors (Lipinski definition) is 3. The molecule has 0 fully saturated rings. The Balaban J connectivity index is 2.21. The summed E-state index contributed by atoms with van der Waals surface area (Å²) in [6.45, 7) is 2.96. The first-order valence-corrected chi connectivity index (χ1v) is 7.31. The Morgan fingerprint density at radius 2 is 2.16 bits per heavy atom. The summed E-state index contributed by atoms with van der Waals surface area (Å²) in [6.07, 6.45) is 6.05. The molecule has 5 heteroatoms. The fourth-order valence-electron chi connectivity index (χ4n) is 1.91. The van der Waals surface area contributed by atoms with Crippen molar-refractivity contribution in [3.05, 3.63) is 57.5 Å². The van der Waals surface area contributed by atoms with Crippen molar-refractivity contribution in [2.45, 2.75) is 19.4 Å². The summed E-state index contributed by atoms with van der Waals surface area (Å²) in [5.74, 6) is 0. The van der Waals surface area contributed by atoms with Crippen LogP contribution < -0.4 is 5.32 Å². The van der Waals surface area contributed by atoms with Gasteiger partial charge in [0.15, 0.2) is 0 Å². The van der Waals surface area contributed by atoms with Gasteiger partial charge in [-0.05, 0) is 52.7 Å². The van der Waals surface area contributed by atoms with Crippen molar-refractivity contribution in [2.75, 3.05) is 6.54 Å². The summed E-state index contributed by atoms with van der Waals surface area (Å²) >= 11 is 9.56. The Morgan fingerprint density at radius 3 is 2.79 bits per heavy atom. The number of likely N-dealkylation sites (N-methyl/N-ethyl adjacent to an activating group) is 1. The van der Waals surface area contributed by atoms with E-state index in [1.807, 2.05) is 24.4 Å². The number of hydrogen-bond donors (Lipinski definition) is 1. The first kappa shape index (κ1) is 14.4. The van der Waals surface area contributed by atoms with E-state index in [1.165, 1.54) is 0 Å². The molecule has 1 unspecified atom stereocenters. The van der Waals surface area contributed by atoms with Gasteiger partial charge in [0.1, 0.15) is 0 Å². The molecule has 0 saturated carbocycles. The summed E-state index contributed by atoms with van der Waals surface area (Å²) in [5, 5.41) is 4.13. The molecule has 0 saturated heterocycles. The third-order valence-corrected chi connectivity index (χ3v) is 3.65. The van der Waals surface area contributed by atoms with Gasteiger partial charge in [-0.1, -0.05) is 18.5 Å². The zero-order valence-electron chi connectivity index (χ0n) is 10.6. The SMILES string of the molecule is CCNC(Cc1ccncc1Cl)c1ccc(Br)cn1. The van der Waals surface area contributed by atoms with E-state index < -0.39 is 0 Å². The minimum absolute atomic E-state index is 0.151. The molecule has 1 atom stereocenters. The highest BCUT2D eigenvalue weighted by molar-refractivity contribution is 9.10. The summed E-state index contributed by atoms with van der Waals surface area (Å²) in [5.41, 5.74) is 2.09. The maximum absolute atomic E-state index is 6.16. The van der Waals surface area contributed by atoms with E-state index in [2.05, 4.69) is 38.1 Å². The molecule has 100 valence electrons. The van der Waals surface area contributed by atoms with Crippen molar-refractivity contribution in [3.8, 4) is 0 Å². The molecule has 0 amide bonds. The predicted molar refractivity (Wildman–Crippen MR) is 81.3 cm³/mol. The topological polar surface area (TPSA) is 37.8 Å². The lowest BCUT2D eigenvalue weighted by atomic mass is 10.0. The highest BCUT2D eigenvalue weighted by atomic mass is 79.9. The monoisotopic (exact) mass is 339 g/mol. The maximum atomic E-state index is 6.16. The fraction of sp³-hybridized carbons (Fsp3) is 0.286. The lowest BCUT2D eigenvalue weighted by Gasteiger charge is -2.18. The van der Waals surface area contributed by atoms with Crippen LogP contribution in [-0.2, 0) is 6.42 Å². The van der Waals surface area contributed by atoms with Crippen molar-refractivity contribution in [1.82, 2.24) is 15.3 Å². The van der Waals surface area contributed by atoms with Crippen LogP contribution in [0.5, 0.6) is 0 Å². The molecule has 0 aliphatic carbocycles. The third kappa shape index (κ3) is 4.00. The molecule has 0 aromatic carbocycles. The molecule has 0 radical (unpaired) electrons. The predicted octanol–water partition coefficient (Wildman–Crippen LogP) is 3.79. The van der Waals surface area contributed by atoms with Gasteiger partial charge in [-0.3, -0.25) is 9.97 Å². The van der Waals surface area contributed by atoms with Gasteiger partial charge in [-0.25, -0.2) is 0 Å². The van der Waals surface area contributed by atoms with E-state index in [9.17, 15) is 0 Å². The number of nitrogens with one attached hydrogen (secondary N) is 1. The Kier molecular flexibility index (Phi) is 5.31. The first-order valence-electron chi connectivity index (χ1n) is 6.14. The van der Waals surface area contributed by atoms with Gasteiger partial charge in [0.25, 0.3) is 0 Å². The second kappa shape index (κ2) is 6.98. The fourth-order valence-corrected chi connectivity index (χ4v) is 2.34. The van der Waals surface area contributed by atoms with Crippen LogP contribution in [0.4, 0.5) is 0 Å². The van der Waals surface area contributed by atoms with E-state index in [4.69, 9.17) is 11.6 Å². The number of rotatable bonds is 5. The largest absolute Gasteiger partial charge is 0.309 e. The van der Waals surface area contributed by atoms with Gasteiger partial charge in [0, 0.05) is 23.1 Å². The number of pyridine rings is 2. The van der Waals surface area contributed by atoms with Gasteiger partial charge in [-0.2, -0.15) is 0 Å². The van der Waals surface area contributed by atoms with Crippen molar-refractivity contribution in [3.63, 3.8) is 0 Å². The smallest absolute Gasteiger partial charge is 0.0622 e. The summed E-state index contributed by atoms with van der Waals surface area (Å²) in [7, 11) is 0. The van der Waals surface area contributed by atoms with Gasteiger partial charge in [-0.15, -0.1) is 0 Å². The van der Waals surface area contributed by atoms with Gasteiger partial charge in [0.05, 0.1) is 16.8 Å². The zero-order valence-corrected chi connectivity index (χ0v) is 12.9. The minimum Gasteiger partial charge on any atom is -0.309 e. The highest BCUT2D eigenvalue weighted by Crippen LogP contribution is 2.22. The van der Waals surface area contributed by atoms with Gasteiger partial charge >= 0.3 is 0 Å². The van der Waals surface area contributed by atoms with Crippen molar-refractivity contribution in [1.29, 1.82) is 0 Å². The van der Waals surface area contributed by atoms with Crippen LogP contribution in [0.3, 0.4) is 0 Å². The quantitative estimate of drug-likeness (QED) is 0.900. The summed E-state index contributed by atoms with van der Waals surface area (Å²) < 4.78 is 0.980. The second-order valence-corrected chi connectivity index (χ2v) is 5.51. The number of aromatic nitrogens is 2. The van der Waals surface area contributed by atoms with Crippen molar-refractivity contribution in [2.24, 2.45) is 0 Å². The molecule has 0 bridgehead atoms. The lowest BCUT2D eigenvalue weighted by Crippen LogP contribution is -2.24. The first-order chi connectivity index (χ1) is 9.20. The minimum atomic E-state index is 0.151. The van der Waals surface area contributed by atoms with Crippen LogP contribution in [0.15, 0.2) is 41.3 Å². The molecule has 2 rings (SSSR count). The number of nitrogens with zero attached hydrogens (tertiary/aromatic N) is 2. The molecule has 2 aromatic heterocycles. The average Bonchev–Trinajstić information content (AvgIpc) is 2.42. The van der Waals surface area contributed by atoms with Crippen molar-refractivity contribution >= 4 is 27.5 Å².